The largest absolute Gasteiger partial charge is 0.444 e. The standard InChI is InChI=1S/C16H19F4NO3/c1-14(2,3)24-13(22)21-8-4-7-15(21,23)12-9-10(17)5-6-11(12)16(18,19)20/h5-6,9,23H,4,7-8H2,1-3H3. The van der Waals surface area contributed by atoms with Crippen molar-refractivity contribution in [3.05, 3.63) is 35.1 Å². The van der Waals surface area contributed by atoms with Crippen LogP contribution >= 0.6 is 0 Å². The summed E-state index contributed by atoms with van der Waals surface area (Å²) in [4.78, 5) is 13.1. The minimum Gasteiger partial charge on any atom is -0.444 e. The van der Waals surface area contributed by atoms with E-state index in [1.165, 1.54) is 0 Å². The molecule has 1 N–H and O–H groups in total. The highest BCUT2D eigenvalue weighted by Crippen LogP contribution is 2.43. The van der Waals surface area contributed by atoms with Gasteiger partial charge in [0.25, 0.3) is 0 Å². The molecule has 1 aromatic rings. The summed E-state index contributed by atoms with van der Waals surface area (Å²) in [6.45, 7) is 4.81. The maximum Gasteiger partial charge on any atom is 0.416 e. The fourth-order valence-corrected chi connectivity index (χ4v) is 2.74. The van der Waals surface area contributed by atoms with Crippen LogP contribution < -0.4 is 0 Å². The fourth-order valence-electron chi connectivity index (χ4n) is 2.74. The number of carbonyl (C=O) groups excluding carboxylic acids is 1. The van der Waals surface area contributed by atoms with Crippen LogP contribution in [0.25, 0.3) is 0 Å². The second kappa shape index (κ2) is 5.91. The Bertz CT molecular complexity index is 639. The summed E-state index contributed by atoms with van der Waals surface area (Å²) < 4.78 is 58.4. The topological polar surface area (TPSA) is 49.8 Å². The Kier molecular flexibility index (Phi) is 4.56. The van der Waals surface area contributed by atoms with E-state index < -0.39 is 40.5 Å². The van der Waals surface area contributed by atoms with E-state index in [0.29, 0.717) is 18.2 Å². The molecule has 1 amide bonds. The molecule has 0 aromatic heterocycles. The summed E-state index contributed by atoms with van der Waals surface area (Å²) in [6.07, 6.45) is -5.61. The summed E-state index contributed by atoms with van der Waals surface area (Å²) in [5.41, 5.74) is -5.01. The van der Waals surface area contributed by atoms with Crippen molar-refractivity contribution in [2.75, 3.05) is 6.54 Å². The molecule has 4 nitrogen and oxygen atoms in total. The van der Waals surface area contributed by atoms with E-state index in [2.05, 4.69) is 0 Å². The highest BCUT2D eigenvalue weighted by molar-refractivity contribution is 5.70. The van der Waals surface area contributed by atoms with Crippen LogP contribution in [-0.4, -0.2) is 28.2 Å². The molecule has 0 spiro atoms. The number of benzene rings is 1. The highest BCUT2D eigenvalue weighted by atomic mass is 19.4. The van der Waals surface area contributed by atoms with E-state index in [0.717, 1.165) is 4.90 Å². The van der Waals surface area contributed by atoms with E-state index in [4.69, 9.17) is 4.74 Å². The number of aliphatic hydroxyl groups is 1. The molecule has 1 saturated heterocycles. The lowest BCUT2D eigenvalue weighted by atomic mass is 9.94. The molecule has 1 aliphatic heterocycles. The minimum atomic E-state index is -4.79. The van der Waals surface area contributed by atoms with Gasteiger partial charge in [-0.25, -0.2) is 9.18 Å². The van der Waals surface area contributed by atoms with Gasteiger partial charge in [-0.05, 0) is 45.4 Å². The first kappa shape index (κ1) is 18.5. The maximum absolute atomic E-state index is 13.5. The molecular weight excluding hydrogens is 330 g/mol. The lowest BCUT2D eigenvalue weighted by molar-refractivity contribution is -0.146. The zero-order valence-corrected chi connectivity index (χ0v) is 13.6. The van der Waals surface area contributed by atoms with Gasteiger partial charge in [0.15, 0.2) is 5.72 Å². The van der Waals surface area contributed by atoms with Gasteiger partial charge in [-0.2, -0.15) is 13.2 Å². The molecule has 1 aromatic carbocycles. The molecule has 1 heterocycles. The van der Waals surface area contributed by atoms with E-state index >= 15 is 0 Å². The molecule has 2 rings (SSSR count). The Morgan fingerprint density at radius 2 is 1.92 bits per heavy atom. The number of ether oxygens (including phenoxy) is 1. The Labute approximate surface area is 137 Å². The molecule has 0 aliphatic carbocycles. The molecular formula is C16H19F4NO3. The summed E-state index contributed by atoms with van der Waals surface area (Å²) in [5, 5.41) is 10.8. The van der Waals surface area contributed by atoms with Crippen molar-refractivity contribution in [1.29, 1.82) is 0 Å². The Morgan fingerprint density at radius 1 is 1.29 bits per heavy atom. The van der Waals surface area contributed by atoms with Gasteiger partial charge in [-0.15, -0.1) is 0 Å². The van der Waals surface area contributed by atoms with Gasteiger partial charge in [0.2, 0.25) is 0 Å². The van der Waals surface area contributed by atoms with Crippen molar-refractivity contribution in [2.24, 2.45) is 0 Å². The Hall–Kier alpha value is -1.83. The predicted molar refractivity (Wildman–Crippen MR) is 77.5 cm³/mol. The second-order valence-electron chi connectivity index (χ2n) is 6.74. The number of hydrogen-bond donors (Lipinski definition) is 1. The maximum atomic E-state index is 13.5. The zero-order chi connectivity index (χ0) is 18.3. The van der Waals surface area contributed by atoms with Gasteiger partial charge in [0.1, 0.15) is 11.4 Å². The first-order chi connectivity index (χ1) is 10.8. The number of halogens is 4. The van der Waals surface area contributed by atoms with E-state index in [-0.39, 0.29) is 19.4 Å². The Morgan fingerprint density at radius 3 is 2.46 bits per heavy atom. The third-order valence-electron chi connectivity index (χ3n) is 3.69. The number of nitrogens with zero attached hydrogens (tertiary/aromatic N) is 1. The van der Waals surface area contributed by atoms with Crippen LogP contribution in [0.1, 0.15) is 44.7 Å². The van der Waals surface area contributed by atoms with E-state index in [1.807, 2.05) is 0 Å². The monoisotopic (exact) mass is 349 g/mol. The van der Waals surface area contributed by atoms with Gasteiger partial charge in [-0.3, -0.25) is 4.90 Å². The first-order valence-corrected chi connectivity index (χ1v) is 7.45. The lowest BCUT2D eigenvalue weighted by Crippen LogP contribution is -2.48. The summed E-state index contributed by atoms with van der Waals surface area (Å²) >= 11 is 0. The van der Waals surface area contributed by atoms with Crippen LogP contribution in [0.4, 0.5) is 22.4 Å². The molecule has 134 valence electrons. The van der Waals surface area contributed by atoms with Gasteiger partial charge in [0.05, 0.1) is 5.56 Å². The van der Waals surface area contributed by atoms with Crippen molar-refractivity contribution in [3.8, 4) is 0 Å². The normalized spacial score (nSPS) is 21.9. The van der Waals surface area contributed by atoms with Crippen LogP contribution in [0.2, 0.25) is 0 Å². The molecule has 1 atom stereocenters. The van der Waals surface area contributed by atoms with Crippen molar-refractivity contribution < 1.29 is 32.2 Å². The van der Waals surface area contributed by atoms with Crippen LogP contribution in [-0.2, 0) is 16.6 Å². The summed E-state index contributed by atoms with van der Waals surface area (Å²) in [7, 11) is 0. The number of carbonyl (C=O) groups is 1. The molecule has 1 aliphatic rings. The van der Waals surface area contributed by atoms with E-state index in [1.54, 1.807) is 20.8 Å². The molecule has 0 radical (unpaired) electrons. The fraction of sp³-hybridized carbons (Fsp3) is 0.562. The molecule has 8 heteroatoms. The lowest BCUT2D eigenvalue weighted by Gasteiger charge is -2.36. The molecule has 0 saturated carbocycles. The van der Waals surface area contributed by atoms with Gasteiger partial charge in [-0.1, -0.05) is 0 Å². The number of amides is 1. The minimum absolute atomic E-state index is 0.0131. The third-order valence-corrected chi connectivity index (χ3v) is 3.69. The number of hydrogen-bond acceptors (Lipinski definition) is 3. The van der Waals surface area contributed by atoms with Crippen molar-refractivity contribution >= 4 is 6.09 Å². The van der Waals surface area contributed by atoms with Crippen LogP contribution in [0.15, 0.2) is 18.2 Å². The number of likely N-dealkylation sites (tertiary alicyclic amines) is 1. The highest BCUT2D eigenvalue weighted by Gasteiger charge is 2.49. The zero-order valence-electron chi connectivity index (χ0n) is 13.6. The van der Waals surface area contributed by atoms with Crippen LogP contribution in [0.5, 0.6) is 0 Å². The van der Waals surface area contributed by atoms with E-state index in [9.17, 15) is 27.5 Å². The average Bonchev–Trinajstić information content (AvgIpc) is 2.78. The van der Waals surface area contributed by atoms with Crippen LogP contribution in [0.3, 0.4) is 0 Å². The Balaban J connectivity index is 2.49. The quantitative estimate of drug-likeness (QED) is 0.779. The second-order valence-corrected chi connectivity index (χ2v) is 6.74. The first-order valence-electron chi connectivity index (χ1n) is 7.45. The smallest absolute Gasteiger partial charge is 0.416 e. The average molecular weight is 349 g/mol. The van der Waals surface area contributed by atoms with Crippen LogP contribution in [0, 0.1) is 5.82 Å². The summed E-state index contributed by atoms with van der Waals surface area (Å²) in [5.74, 6) is -0.928. The third kappa shape index (κ3) is 3.63. The molecule has 0 bridgehead atoms. The van der Waals surface area contributed by atoms with Crippen molar-refractivity contribution in [3.63, 3.8) is 0 Å². The SMILES string of the molecule is CC(C)(C)OC(=O)N1CCCC1(O)c1cc(F)ccc1C(F)(F)F. The number of alkyl halides is 3. The summed E-state index contributed by atoms with van der Waals surface area (Å²) in [6, 6.07) is 1.85. The van der Waals surface area contributed by atoms with Gasteiger partial charge < -0.3 is 9.84 Å². The molecule has 1 fully saturated rings. The molecule has 1 unspecified atom stereocenters. The van der Waals surface area contributed by atoms with Crippen molar-refractivity contribution in [1.82, 2.24) is 4.90 Å². The van der Waals surface area contributed by atoms with Crippen molar-refractivity contribution in [2.45, 2.75) is 51.1 Å². The van der Waals surface area contributed by atoms with Gasteiger partial charge >= 0.3 is 12.3 Å². The predicted octanol–water partition coefficient (Wildman–Crippen LogP) is 4.02. The van der Waals surface area contributed by atoms with Gasteiger partial charge in [0, 0.05) is 18.5 Å². The molecule has 24 heavy (non-hydrogen) atoms. The number of rotatable bonds is 1.